The summed E-state index contributed by atoms with van der Waals surface area (Å²) in [6, 6.07) is 0.00796. The van der Waals surface area contributed by atoms with Gasteiger partial charge in [0, 0.05) is 19.0 Å². The molecule has 0 radical (unpaired) electrons. The van der Waals surface area contributed by atoms with Crippen LogP contribution in [0.25, 0.3) is 0 Å². The van der Waals surface area contributed by atoms with Crippen molar-refractivity contribution in [2.45, 2.75) is 44.7 Å². The van der Waals surface area contributed by atoms with Crippen LogP contribution in [-0.2, 0) is 9.59 Å². The highest BCUT2D eigenvalue weighted by Crippen LogP contribution is 2.21. The van der Waals surface area contributed by atoms with E-state index in [2.05, 4.69) is 5.32 Å². The predicted molar refractivity (Wildman–Crippen MR) is 60.1 cm³/mol. The second-order valence-electron chi connectivity index (χ2n) is 4.83. The van der Waals surface area contributed by atoms with E-state index in [1.165, 1.54) is 0 Å². The van der Waals surface area contributed by atoms with Crippen molar-refractivity contribution in [2.75, 3.05) is 13.6 Å². The zero-order valence-corrected chi connectivity index (χ0v) is 10.1. The van der Waals surface area contributed by atoms with Gasteiger partial charge in [0.25, 0.3) is 0 Å². The van der Waals surface area contributed by atoms with Crippen LogP contribution in [0.1, 0.15) is 33.1 Å². The number of amides is 1. The van der Waals surface area contributed by atoms with Gasteiger partial charge in [-0.2, -0.15) is 0 Å². The molecule has 0 spiro atoms. The fourth-order valence-corrected chi connectivity index (χ4v) is 1.89. The number of likely N-dealkylation sites (N-methyl/N-ethyl adjacent to an activating group) is 1. The molecule has 1 saturated heterocycles. The van der Waals surface area contributed by atoms with Crippen LogP contribution in [0.5, 0.6) is 0 Å². The Morgan fingerprint density at radius 2 is 2.19 bits per heavy atom. The summed E-state index contributed by atoms with van der Waals surface area (Å²) >= 11 is 0. The zero-order valence-electron chi connectivity index (χ0n) is 10.1. The molecule has 1 heterocycles. The van der Waals surface area contributed by atoms with Crippen molar-refractivity contribution in [3.63, 3.8) is 0 Å². The lowest BCUT2D eigenvalue weighted by Gasteiger charge is -2.37. The molecular weight excluding hydrogens is 208 g/mol. The van der Waals surface area contributed by atoms with E-state index < -0.39 is 11.5 Å². The molecule has 16 heavy (non-hydrogen) atoms. The molecule has 5 nitrogen and oxygen atoms in total. The van der Waals surface area contributed by atoms with E-state index in [9.17, 15) is 9.59 Å². The summed E-state index contributed by atoms with van der Waals surface area (Å²) in [7, 11) is 1.78. The van der Waals surface area contributed by atoms with E-state index in [4.69, 9.17) is 5.11 Å². The van der Waals surface area contributed by atoms with Crippen molar-refractivity contribution < 1.29 is 14.7 Å². The highest BCUT2D eigenvalue weighted by Gasteiger charge is 2.37. The summed E-state index contributed by atoms with van der Waals surface area (Å²) in [4.78, 5) is 24.3. The lowest BCUT2D eigenvalue weighted by Crippen LogP contribution is -2.53. The third-order valence-corrected chi connectivity index (χ3v) is 3.41. The summed E-state index contributed by atoms with van der Waals surface area (Å²) in [5, 5.41) is 11.9. The molecule has 0 aromatic heterocycles. The van der Waals surface area contributed by atoms with Crippen molar-refractivity contribution in [3.8, 4) is 0 Å². The molecule has 1 aliphatic rings. The molecule has 0 bridgehead atoms. The van der Waals surface area contributed by atoms with Gasteiger partial charge < -0.3 is 10.4 Å². The van der Waals surface area contributed by atoms with Gasteiger partial charge in [-0.15, -0.1) is 0 Å². The summed E-state index contributed by atoms with van der Waals surface area (Å²) in [5.41, 5.74) is -0.935. The first-order valence-electron chi connectivity index (χ1n) is 5.58. The van der Waals surface area contributed by atoms with Gasteiger partial charge in [-0.05, 0) is 33.7 Å². The smallest absolute Gasteiger partial charge is 0.323 e. The topological polar surface area (TPSA) is 69.6 Å². The summed E-state index contributed by atoms with van der Waals surface area (Å²) in [6.07, 6.45) is 2.13. The number of aliphatic carboxylic acids is 1. The van der Waals surface area contributed by atoms with Gasteiger partial charge in [-0.3, -0.25) is 14.5 Å². The average molecular weight is 228 g/mol. The van der Waals surface area contributed by atoms with Crippen molar-refractivity contribution in [3.05, 3.63) is 0 Å². The lowest BCUT2D eigenvalue weighted by atomic mass is 9.98. The molecule has 0 aromatic rings. The van der Waals surface area contributed by atoms with Gasteiger partial charge in [0.05, 0.1) is 0 Å². The Hall–Kier alpha value is -1.10. The van der Waals surface area contributed by atoms with Crippen LogP contribution in [0, 0.1) is 0 Å². The first-order chi connectivity index (χ1) is 7.35. The maximum Gasteiger partial charge on any atom is 0.323 e. The Balaban J connectivity index is 2.75. The zero-order chi connectivity index (χ0) is 12.3. The van der Waals surface area contributed by atoms with Crippen LogP contribution >= 0.6 is 0 Å². The minimum atomic E-state index is -0.935. The molecule has 0 aliphatic carbocycles. The van der Waals surface area contributed by atoms with Gasteiger partial charge >= 0.3 is 5.97 Å². The van der Waals surface area contributed by atoms with Gasteiger partial charge in [-0.1, -0.05) is 0 Å². The number of carbonyl (C=O) groups excluding carboxylic acids is 1. The molecule has 1 fully saturated rings. The third-order valence-electron chi connectivity index (χ3n) is 3.41. The first-order valence-corrected chi connectivity index (χ1v) is 5.58. The fourth-order valence-electron chi connectivity index (χ4n) is 1.89. The van der Waals surface area contributed by atoms with E-state index in [1.54, 1.807) is 25.8 Å². The van der Waals surface area contributed by atoms with Gasteiger partial charge in [0.15, 0.2) is 0 Å². The number of nitrogens with one attached hydrogen (secondary N) is 1. The van der Waals surface area contributed by atoms with Crippen molar-refractivity contribution in [1.82, 2.24) is 10.2 Å². The van der Waals surface area contributed by atoms with E-state index in [0.717, 1.165) is 12.8 Å². The highest BCUT2D eigenvalue weighted by atomic mass is 16.4. The van der Waals surface area contributed by atoms with E-state index in [1.807, 2.05) is 0 Å². The molecule has 1 aliphatic heterocycles. The van der Waals surface area contributed by atoms with Gasteiger partial charge in [0.1, 0.15) is 5.54 Å². The number of hydrogen-bond acceptors (Lipinski definition) is 3. The molecule has 92 valence electrons. The van der Waals surface area contributed by atoms with Crippen LogP contribution in [-0.4, -0.2) is 47.1 Å². The van der Waals surface area contributed by atoms with Crippen LogP contribution in [0.3, 0.4) is 0 Å². The number of carboxylic acid groups (broad SMARTS) is 1. The van der Waals surface area contributed by atoms with Crippen LogP contribution in [0.15, 0.2) is 0 Å². The quantitative estimate of drug-likeness (QED) is 0.736. The molecule has 1 rings (SSSR count). The average Bonchev–Trinajstić information content (AvgIpc) is 2.41. The summed E-state index contributed by atoms with van der Waals surface area (Å²) < 4.78 is 0. The molecule has 1 unspecified atom stereocenters. The summed E-state index contributed by atoms with van der Waals surface area (Å²) in [5.74, 6) is -0.852. The van der Waals surface area contributed by atoms with Crippen LogP contribution in [0.4, 0.5) is 0 Å². The Labute approximate surface area is 95.8 Å². The number of rotatable bonds is 3. The monoisotopic (exact) mass is 228 g/mol. The van der Waals surface area contributed by atoms with Crippen LogP contribution in [0.2, 0.25) is 0 Å². The molecule has 2 N–H and O–H groups in total. The lowest BCUT2D eigenvalue weighted by molar-refractivity contribution is -0.150. The molecule has 1 atom stereocenters. The van der Waals surface area contributed by atoms with Crippen molar-refractivity contribution in [2.24, 2.45) is 0 Å². The number of hydrogen-bond donors (Lipinski definition) is 2. The number of carbonyl (C=O) groups is 2. The minimum absolute atomic E-state index is 0.00796. The third kappa shape index (κ3) is 2.72. The number of carboxylic acids is 1. The largest absolute Gasteiger partial charge is 0.480 e. The predicted octanol–water partition coefficient (Wildman–Crippen LogP) is 0.450. The molecule has 0 saturated carbocycles. The Morgan fingerprint density at radius 1 is 1.56 bits per heavy atom. The molecule has 1 amide bonds. The summed E-state index contributed by atoms with van der Waals surface area (Å²) in [6.45, 7) is 4.02. The molecule has 5 heteroatoms. The second kappa shape index (κ2) is 4.82. The van der Waals surface area contributed by atoms with Crippen molar-refractivity contribution >= 4 is 11.9 Å². The van der Waals surface area contributed by atoms with E-state index in [0.29, 0.717) is 13.0 Å². The first kappa shape index (κ1) is 13.0. The maximum atomic E-state index is 11.4. The molecule has 0 aromatic carbocycles. The number of nitrogens with zero attached hydrogens (tertiary/aromatic N) is 1. The normalized spacial score (nSPS) is 22.8. The Morgan fingerprint density at radius 3 is 2.75 bits per heavy atom. The Kier molecular flexibility index (Phi) is 3.91. The van der Waals surface area contributed by atoms with Gasteiger partial charge in [0.2, 0.25) is 5.91 Å². The van der Waals surface area contributed by atoms with E-state index >= 15 is 0 Å². The second-order valence-corrected chi connectivity index (χ2v) is 4.83. The van der Waals surface area contributed by atoms with Gasteiger partial charge in [-0.25, -0.2) is 0 Å². The van der Waals surface area contributed by atoms with Crippen LogP contribution < -0.4 is 5.32 Å². The minimum Gasteiger partial charge on any atom is -0.480 e. The fraction of sp³-hybridized carbons (Fsp3) is 0.818. The SMILES string of the molecule is CN(C1CCCNC(=O)C1)C(C)(C)C(=O)O. The standard InChI is InChI=1S/C11H20N2O3/c1-11(2,10(15)16)13(3)8-5-4-6-12-9(14)7-8/h8H,4-7H2,1-3H3,(H,12,14)(H,15,16). The maximum absolute atomic E-state index is 11.4. The Bertz CT molecular complexity index is 289. The molecular formula is C11H20N2O3. The van der Waals surface area contributed by atoms with E-state index in [-0.39, 0.29) is 11.9 Å². The van der Waals surface area contributed by atoms with Crippen molar-refractivity contribution in [1.29, 1.82) is 0 Å². The highest BCUT2D eigenvalue weighted by molar-refractivity contribution is 5.79.